The van der Waals surface area contributed by atoms with E-state index >= 15 is 0 Å². The smallest absolute Gasteiger partial charge is 0.204 e. The highest BCUT2D eigenvalue weighted by molar-refractivity contribution is 5.34. The molecule has 0 bridgehead atoms. The number of hydrogen-bond donors (Lipinski definition) is 1. The van der Waals surface area contributed by atoms with Gasteiger partial charge in [0.05, 0.1) is 0 Å². The van der Waals surface area contributed by atoms with Crippen LogP contribution in [0.3, 0.4) is 0 Å². The third-order valence-corrected chi connectivity index (χ3v) is 1.76. The molecule has 0 saturated carbocycles. The van der Waals surface area contributed by atoms with E-state index in [0.717, 1.165) is 12.5 Å². The summed E-state index contributed by atoms with van der Waals surface area (Å²) in [6, 6.07) is 2.24. The standard InChI is InChI=1S/C11H12F2O2/c1-2-3-4-7-15-9-6-5-8(14)10(12)11(9)13/h3-6,14H,2,7H2,1H3/b4-3+. The normalized spacial score (nSPS) is 10.9. The Morgan fingerprint density at radius 2 is 2.00 bits per heavy atom. The molecule has 0 radical (unpaired) electrons. The van der Waals surface area contributed by atoms with E-state index < -0.39 is 17.4 Å². The van der Waals surface area contributed by atoms with Crippen molar-refractivity contribution in [2.24, 2.45) is 0 Å². The molecule has 82 valence electrons. The minimum atomic E-state index is -1.29. The second-order valence-electron chi connectivity index (χ2n) is 2.90. The van der Waals surface area contributed by atoms with Crippen LogP contribution in [-0.2, 0) is 0 Å². The van der Waals surface area contributed by atoms with Gasteiger partial charge < -0.3 is 9.84 Å². The van der Waals surface area contributed by atoms with E-state index in [1.165, 1.54) is 6.07 Å². The van der Waals surface area contributed by atoms with Gasteiger partial charge in [-0.1, -0.05) is 19.1 Å². The molecule has 1 N–H and O–H groups in total. The van der Waals surface area contributed by atoms with Crippen molar-refractivity contribution < 1.29 is 18.6 Å². The number of halogens is 2. The predicted molar refractivity (Wildman–Crippen MR) is 52.9 cm³/mol. The maximum atomic E-state index is 13.1. The predicted octanol–water partition coefficient (Wildman–Crippen LogP) is 3.02. The van der Waals surface area contributed by atoms with Crippen LogP contribution in [0.2, 0.25) is 0 Å². The second-order valence-corrected chi connectivity index (χ2v) is 2.90. The van der Waals surface area contributed by atoms with Gasteiger partial charge in [0.2, 0.25) is 11.6 Å². The lowest BCUT2D eigenvalue weighted by molar-refractivity contribution is 0.324. The lowest BCUT2D eigenvalue weighted by atomic mass is 10.3. The molecule has 15 heavy (non-hydrogen) atoms. The van der Waals surface area contributed by atoms with E-state index in [4.69, 9.17) is 9.84 Å². The number of allylic oxidation sites excluding steroid dienone is 1. The number of ether oxygens (including phenoxy) is 1. The fraction of sp³-hybridized carbons (Fsp3) is 0.273. The second kappa shape index (κ2) is 5.34. The molecule has 1 rings (SSSR count). The highest BCUT2D eigenvalue weighted by atomic mass is 19.2. The quantitative estimate of drug-likeness (QED) is 0.780. The van der Waals surface area contributed by atoms with Crippen LogP contribution in [0.25, 0.3) is 0 Å². The molecule has 0 unspecified atom stereocenters. The lowest BCUT2D eigenvalue weighted by Crippen LogP contribution is -1.98. The van der Waals surface area contributed by atoms with Crippen LogP contribution in [0.1, 0.15) is 13.3 Å². The minimum absolute atomic E-state index is 0.176. The van der Waals surface area contributed by atoms with Gasteiger partial charge in [-0.3, -0.25) is 0 Å². The van der Waals surface area contributed by atoms with Crippen molar-refractivity contribution in [3.63, 3.8) is 0 Å². The molecule has 0 heterocycles. The maximum absolute atomic E-state index is 13.1. The van der Waals surface area contributed by atoms with Gasteiger partial charge in [0.25, 0.3) is 0 Å². The summed E-state index contributed by atoms with van der Waals surface area (Å²) < 4.78 is 30.9. The van der Waals surface area contributed by atoms with Crippen molar-refractivity contribution in [1.29, 1.82) is 0 Å². The number of aromatic hydroxyl groups is 1. The van der Waals surface area contributed by atoms with Gasteiger partial charge >= 0.3 is 0 Å². The van der Waals surface area contributed by atoms with Gasteiger partial charge in [-0.25, -0.2) is 0 Å². The van der Waals surface area contributed by atoms with E-state index in [9.17, 15) is 8.78 Å². The molecule has 1 aromatic rings. The minimum Gasteiger partial charge on any atom is -0.505 e. The van der Waals surface area contributed by atoms with E-state index in [1.54, 1.807) is 6.08 Å². The van der Waals surface area contributed by atoms with Crippen molar-refractivity contribution in [1.82, 2.24) is 0 Å². The maximum Gasteiger partial charge on any atom is 0.204 e. The van der Waals surface area contributed by atoms with Crippen molar-refractivity contribution >= 4 is 0 Å². The Labute approximate surface area is 86.8 Å². The Kier molecular flexibility index (Phi) is 4.09. The van der Waals surface area contributed by atoms with Crippen molar-refractivity contribution in [2.45, 2.75) is 13.3 Å². The Morgan fingerprint density at radius 3 is 2.67 bits per heavy atom. The van der Waals surface area contributed by atoms with Crippen LogP contribution < -0.4 is 4.74 Å². The van der Waals surface area contributed by atoms with Crippen LogP contribution in [0, 0.1) is 11.6 Å². The van der Waals surface area contributed by atoms with Crippen molar-refractivity contribution in [2.75, 3.05) is 6.61 Å². The highest BCUT2D eigenvalue weighted by Gasteiger charge is 2.13. The summed E-state index contributed by atoms with van der Waals surface area (Å²) in [7, 11) is 0. The first-order valence-corrected chi connectivity index (χ1v) is 4.61. The molecule has 2 nitrogen and oxygen atoms in total. The molecule has 0 spiro atoms. The number of benzene rings is 1. The van der Waals surface area contributed by atoms with E-state index in [0.29, 0.717) is 0 Å². The summed E-state index contributed by atoms with van der Waals surface area (Å²) in [5.41, 5.74) is 0. The zero-order chi connectivity index (χ0) is 11.3. The molecular formula is C11H12F2O2. The summed E-state index contributed by atoms with van der Waals surface area (Å²) in [4.78, 5) is 0. The monoisotopic (exact) mass is 214 g/mol. The average Bonchev–Trinajstić information content (AvgIpc) is 2.24. The zero-order valence-corrected chi connectivity index (χ0v) is 8.34. The van der Waals surface area contributed by atoms with Gasteiger partial charge in [0, 0.05) is 0 Å². The van der Waals surface area contributed by atoms with Gasteiger partial charge in [0.15, 0.2) is 11.5 Å². The van der Waals surface area contributed by atoms with Crippen LogP contribution in [0.5, 0.6) is 11.5 Å². The van der Waals surface area contributed by atoms with Crippen LogP contribution in [0.15, 0.2) is 24.3 Å². The average molecular weight is 214 g/mol. The lowest BCUT2D eigenvalue weighted by Gasteiger charge is -2.05. The zero-order valence-electron chi connectivity index (χ0n) is 8.34. The summed E-state index contributed by atoms with van der Waals surface area (Å²) in [5.74, 6) is -3.37. The van der Waals surface area contributed by atoms with Crippen molar-refractivity contribution in [3.05, 3.63) is 35.9 Å². The topological polar surface area (TPSA) is 29.5 Å². The first-order chi connectivity index (χ1) is 7.16. The first kappa shape index (κ1) is 11.5. The third-order valence-electron chi connectivity index (χ3n) is 1.76. The first-order valence-electron chi connectivity index (χ1n) is 4.61. The largest absolute Gasteiger partial charge is 0.505 e. The number of rotatable bonds is 4. The molecule has 0 aliphatic carbocycles. The molecule has 0 aliphatic rings. The summed E-state index contributed by atoms with van der Waals surface area (Å²) in [5, 5.41) is 8.85. The fourth-order valence-electron chi connectivity index (χ4n) is 1.01. The number of phenolic OH excluding ortho intramolecular Hbond substituents is 1. The van der Waals surface area contributed by atoms with Crippen LogP contribution in [0.4, 0.5) is 8.78 Å². The number of hydrogen-bond acceptors (Lipinski definition) is 2. The molecule has 0 aliphatic heterocycles. The Morgan fingerprint density at radius 1 is 1.27 bits per heavy atom. The molecule has 0 aromatic heterocycles. The van der Waals surface area contributed by atoms with Gasteiger partial charge in [-0.2, -0.15) is 8.78 Å². The number of phenols is 1. The SMILES string of the molecule is CC/C=C/COc1ccc(O)c(F)c1F. The van der Waals surface area contributed by atoms with Crippen molar-refractivity contribution in [3.8, 4) is 11.5 Å². The Hall–Kier alpha value is -1.58. The van der Waals surface area contributed by atoms with E-state index in [1.807, 2.05) is 13.0 Å². The molecule has 0 atom stereocenters. The Balaban J connectivity index is 2.70. The van der Waals surface area contributed by atoms with Crippen LogP contribution >= 0.6 is 0 Å². The molecule has 4 heteroatoms. The van der Waals surface area contributed by atoms with E-state index in [-0.39, 0.29) is 12.4 Å². The summed E-state index contributed by atoms with van der Waals surface area (Å²) >= 11 is 0. The summed E-state index contributed by atoms with van der Waals surface area (Å²) in [6.45, 7) is 2.13. The third kappa shape index (κ3) is 2.94. The molecule has 0 amide bonds. The van der Waals surface area contributed by atoms with Gasteiger partial charge in [-0.15, -0.1) is 0 Å². The van der Waals surface area contributed by atoms with Gasteiger partial charge in [0.1, 0.15) is 6.61 Å². The molecule has 1 aromatic carbocycles. The molecule has 0 saturated heterocycles. The van der Waals surface area contributed by atoms with Gasteiger partial charge in [-0.05, 0) is 18.6 Å². The van der Waals surface area contributed by atoms with E-state index in [2.05, 4.69) is 0 Å². The molecular weight excluding hydrogens is 202 g/mol. The fourth-order valence-corrected chi connectivity index (χ4v) is 1.01. The van der Waals surface area contributed by atoms with Crippen LogP contribution in [-0.4, -0.2) is 11.7 Å². The highest BCUT2D eigenvalue weighted by Crippen LogP contribution is 2.26. The Bertz CT molecular complexity index is 362. The molecule has 0 fully saturated rings. The summed E-state index contributed by atoms with van der Waals surface area (Å²) in [6.07, 6.45) is 4.43.